The molecule has 0 aromatic rings. The van der Waals surface area contributed by atoms with Gasteiger partial charge in [-0.25, -0.2) is 0 Å². The van der Waals surface area contributed by atoms with Crippen LogP contribution < -0.4 is 5.32 Å². The van der Waals surface area contributed by atoms with Gasteiger partial charge in [-0.1, -0.05) is 6.08 Å². The minimum absolute atomic E-state index is 0.0133. The molecule has 0 saturated carbocycles. The number of amides is 2. The summed E-state index contributed by atoms with van der Waals surface area (Å²) >= 11 is 5.47. The number of alkyl halides is 1. The van der Waals surface area contributed by atoms with Crippen LogP contribution in [0.4, 0.5) is 0 Å². The van der Waals surface area contributed by atoms with Crippen molar-refractivity contribution in [3.63, 3.8) is 0 Å². The molecule has 1 fully saturated rings. The maximum atomic E-state index is 11.6. The van der Waals surface area contributed by atoms with Crippen LogP contribution in [0.2, 0.25) is 0 Å². The lowest BCUT2D eigenvalue weighted by atomic mass is 9.96. The highest BCUT2D eigenvalue weighted by atomic mass is 35.5. The van der Waals surface area contributed by atoms with Gasteiger partial charge < -0.3 is 10.2 Å². The molecule has 90 valence electrons. The number of hydrogen-bond acceptors (Lipinski definition) is 2. The van der Waals surface area contributed by atoms with E-state index >= 15 is 0 Å². The summed E-state index contributed by atoms with van der Waals surface area (Å²) < 4.78 is 0. The Balaban J connectivity index is 2.33. The normalized spacial score (nSPS) is 16.9. The van der Waals surface area contributed by atoms with Crippen LogP contribution in [0.5, 0.6) is 0 Å². The zero-order valence-corrected chi connectivity index (χ0v) is 10.0. The van der Waals surface area contributed by atoms with Crippen molar-refractivity contribution >= 4 is 23.4 Å². The third-order valence-corrected chi connectivity index (χ3v) is 2.98. The average Bonchev–Trinajstić information content (AvgIpc) is 2.35. The predicted octanol–water partition coefficient (Wildman–Crippen LogP) is 0.766. The van der Waals surface area contributed by atoms with Crippen LogP contribution in [-0.2, 0) is 9.59 Å². The van der Waals surface area contributed by atoms with Crippen molar-refractivity contribution in [2.24, 2.45) is 5.92 Å². The fourth-order valence-corrected chi connectivity index (χ4v) is 1.96. The Morgan fingerprint density at radius 3 is 2.56 bits per heavy atom. The van der Waals surface area contributed by atoms with Crippen molar-refractivity contribution < 1.29 is 9.59 Å². The third-order valence-electron chi connectivity index (χ3n) is 2.75. The van der Waals surface area contributed by atoms with Gasteiger partial charge in [-0.15, -0.1) is 18.2 Å². The largest absolute Gasteiger partial charge is 0.352 e. The SMILES string of the molecule is C=CCNC(=O)C1CCN(C(=O)CCl)CC1. The summed E-state index contributed by atoms with van der Waals surface area (Å²) in [5.74, 6) is 0.0386. The number of carbonyl (C=O) groups excluding carboxylic acids is 2. The lowest BCUT2D eigenvalue weighted by Crippen LogP contribution is -2.43. The van der Waals surface area contributed by atoms with Crippen LogP contribution in [0.3, 0.4) is 0 Å². The van der Waals surface area contributed by atoms with Gasteiger partial charge in [0.15, 0.2) is 0 Å². The quantitative estimate of drug-likeness (QED) is 0.587. The minimum Gasteiger partial charge on any atom is -0.352 e. The van der Waals surface area contributed by atoms with Gasteiger partial charge in [0.05, 0.1) is 0 Å². The summed E-state index contributed by atoms with van der Waals surface area (Å²) in [5, 5.41) is 2.77. The smallest absolute Gasteiger partial charge is 0.237 e. The van der Waals surface area contributed by atoms with Crippen molar-refractivity contribution in [2.75, 3.05) is 25.5 Å². The molecule has 0 aliphatic carbocycles. The predicted molar refractivity (Wildman–Crippen MR) is 63.2 cm³/mol. The molecule has 1 rings (SSSR count). The van der Waals surface area contributed by atoms with E-state index in [1.165, 1.54) is 0 Å². The molecule has 0 aromatic carbocycles. The number of carbonyl (C=O) groups is 2. The van der Waals surface area contributed by atoms with Gasteiger partial charge in [0.1, 0.15) is 5.88 Å². The third kappa shape index (κ3) is 3.52. The lowest BCUT2D eigenvalue weighted by Gasteiger charge is -2.30. The van der Waals surface area contributed by atoms with Gasteiger partial charge in [-0.05, 0) is 12.8 Å². The number of piperidine rings is 1. The van der Waals surface area contributed by atoms with Crippen LogP contribution >= 0.6 is 11.6 Å². The molecule has 0 atom stereocenters. The maximum absolute atomic E-state index is 11.6. The van der Waals surface area contributed by atoms with Crippen molar-refractivity contribution in [3.05, 3.63) is 12.7 Å². The first kappa shape index (κ1) is 13.0. The zero-order valence-electron chi connectivity index (χ0n) is 9.25. The Morgan fingerprint density at radius 2 is 2.06 bits per heavy atom. The second kappa shape index (κ2) is 6.53. The summed E-state index contributed by atoms with van der Waals surface area (Å²) in [7, 11) is 0. The zero-order chi connectivity index (χ0) is 12.0. The van der Waals surface area contributed by atoms with E-state index in [4.69, 9.17) is 11.6 Å². The van der Waals surface area contributed by atoms with Crippen LogP contribution in [-0.4, -0.2) is 42.2 Å². The van der Waals surface area contributed by atoms with E-state index in [-0.39, 0.29) is 23.6 Å². The van der Waals surface area contributed by atoms with E-state index in [0.717, 1.165) is 0 Å². The molecule has 5 heteroatoms. The first-order valence-electron chi connectivity index (χ1n) is 5.41. The van der Waals surface area contributed by atoms with Crippen molar-refractivity contribution in [1.82, 2.24) is 10.2 Å². The summed E-state index contributed by atoms with van der Waals surface area (Å²) in [6, 6.07) is 0. The number of rotatable bonds is 4. The molecule has 0 spiro atoms. The molecule has 1 aliphatic rings. The van der Waals surface area contributed by atoms with Crippen molar-refractivity contribution in [2.45, 2.75) is 12.8 Å². The maximum Gasteiger partial charge on any atom is 0.237 e. The van der Waals surface area contributed by atoms with Gasteiger partial charge in [0.25, 0.3) is 0 Å². The molecule has 16 heavy (non-hydrogen) atoms. The number of likely N-dealkylation sites (tertiary alicyclic amines) is 1. The fourth-order valence-electron chi connectivity index (χ4n) is 1.79. The van der Waals surface area contributed by atoms with Gasteiger partial charge in [0, 0.05) is 25.6 Å². The highest BCUT2D eigenvalue weighted by Gasteiger charge is 2.26. The second-order valence-corrected chi connectivity index (χ2v) is 4.09. The van der Waals surface area contributed by atoms with Crippen LogP contribution in [0.15, 0.2) is 12.7 Å². The van der Waals surface area contributed by atoms with Gasteiger partial charge in [-0.2, -0.15) is 0 Å². The number of hydrogen-bond donors (Lipinski definition) is 1. The minimum atomic E-state index is -0.0494. The van der Waals surface area contributed by atoms with Crippen molar-refractivity contribution in [3.8, 4) is 0 Å². The van der Waals surface area contributed by atoms with Crippen LogP contribution in [0.1, 0.15) is 12.8 Å². The number of nitrogens with one attached hydrogen (secondary N) is 1. The Kier molecular flexibility index (Phi) is 5.32. The molecule has 2 amide bonds. The summed E-state index contributed by atoms with van der Waals surface area (Å²) in [4.78, 5) is 24.6. The number of halogens is 1. The van der Waals surface area contributed by atoms with Crippen LogP contribution in [0.25, 0.3) is 0 Å². The monoisotopic (exact) mass is 244 g/mol. The fraction of sp³-hybridized carbons (Fsp3) is 0.636. The number of nitrogens with zero attached hydrogens (tertiary/aromatic N) is 1. The summed E-state index contributed by atoms with van der Waals surface area (Å²) in [6.45, 7) is 5.29. The topological polar surface area (TPSA) is 49.4 Å². The molecule has 0 aromatic heterocycles. The highest BCUT2D eigenvalue weighted by Crippen LogP contribution is 2.17. The highest BCUT2D eigenvalue weighted by molar-refractivity contribution is 6.27. The molecule has 1 N–H and O–H groups in total. The molecule has 4 nitrogen and oxygen atoms in total. The van der Waals surface area contributed by atoms with E-state index in [1.54, 1.807) is 11.0 Å². The van der Waals surface area contributed by atoms with Gasteiger partial charge in [-0.3, -0.25) is 9.59 Å². The van der Waals surface area contributed by atoms with E-state index in [1.807, 2.05) is 0 Å². The molecule has 1 heterocycles. The van der Waals surface area contributed by atoms with Gasteiger partial charge in [0.2, 0.25) is 11.8 Å². The Hall–Kier alpha value is -1.03. The molecule has 0 unspecified atom stereocenters. The first-order valence-corrected chi connectivity index (χ1v) is 5.94. The molecule has 1 aliphatic heterocycles. The summed E-state index contributed by atoms with van der Waals surface area (Å²) in [5.41, 5.74) is 0. The molecule has 1 saturated heterocycles. The van der Waals surface area contributed by atoms with E-state index < -0.39 is 0 Å². The molecular weight excluding hydrogens is 228 g/mol. The van der Waals surface area contributed by atoms with Gasteiger partial charge >= 0.3 is 0 Å². The Labute approximate surface area is 101 Å². The summed E-state index contributed by atoms with van der Waals surface area (Å²) in [6.07, 6.45) is 3.08. The Bertz CT molecular complexity index is 273. The molecular formula is C11H17ClN2O2. The van der Waals surface area contributed by atoms with E-state index in [2.05, 4.69) is 11.9 Å². The molecule has 0 radical (unpaired) electrons. The van der Waals surface area contributed by atoms with E-state index in [9.17, 15) is 9.59 Å². The average molecular weight is 245 g/mol. The standard InChI is InChI=1S/C11H17ClN2O2/c1-2-5-13-11(16)9-3-6-14(7-4-9)10(15)8-12/h2,9H,1,3-8H2,(H,13,16). The lowest BCUT2D eigenvalue weighted by molar-refractivity contribution is -0.133. The Morgan fingerprint density at radius 1 is 1.44 bits per heavy atom. The van der Waals surface area contributed by atoms with Crippen LogP contribution in [0, 0.1) is 5.92 Å². The van der Waals surface area contributed by atoms with E-state index in [0.29, 0.717) is 32.5 Å². The van der Waals surface area contributed by atoms with Crippen molar-refractivity contribution in [1.29, 1.82) is 0 Å². The molecule has 0 bridgehead atoms. The first-order chi connectivity index (χ1) is 7.69. The second-order valence-electron chi connectivity index (χ2n) is 3.82.